The third-order valence-corrected chi connectivity index (χ3v) is 2.04. The lowest BCUT2D eigenvalue weighted by Gasteiger charge is -2.07. The smallest absolute Gasteiger partial charge is 0.182 e. The van der Waals surface area contributed by atoms with Crippen molar-refractivity contribution in [1.29, 1.82) is 0 Å². The summed E-state index contributed by atoms with van der Waals surface area (Å²) in [6.07, 6.45) is 1.34. The van der Waals surface area contributed by atoms with Gasteiger partial charge in [0.05, 0.1) is 17.6 Å². The zero-order valence-electron chi connectivity index (χ0n) is 8.55. The normalized spacial score (nSPS) is 10.3. The number of anilines is 3. The third-order valence-electron chi connectivity index (χ3n) is 2.04. The predicted molar refractivity (Wildman–Crippen MR) is 58.2 cm³/mol. The Morgan fingerprint density at radius 2 is 1.88 bits per heavy atom. The summed E-state index contributed by atoms with van der Waals surface area (Å²) in [5.41, 5.74) is 5.53. The Bertz CT molecular complexity index is 540. The highest BCUT2D eigenvalue weighted by atomic mass is 19.2. The van der Waals surface area contributed by atoms with Crippen molar-refractivity contribution in [2.75, 3.05) is 11.1 Å². The summed E-state index contributed by atoms with van der Waals surface area (Å²) in [4.78, 5) is 3.83. The Morgan fingerprint density at radius 1 is 1.12 bits per heavy atom. The maximum atomic E-state index is 13.3. The standard InChI is InChI=1S/C11H8F3N3/c12-6-3-8(13)11(14)9(4-6)17-10-2-1-7(15)5-16-10/h1-5H,15H2,(H,16,17). The van der Waals surface area contributed by atoms with Crippen molar-refractivity contribution in [3.8, 4) is 0 Å². The molecule has 17 heavy (non-hydrogen) atoms. The molecule has 88 valence electrons. The summed E-state index contributed by atoms with van der Waals surface area (Å²) in [7, 11) is 0. The molecule has 3 N–H and O–H groups in total. The SMILES string of the molecule is Nc1ccc(Nc2cc(F)cc(F)c2F)nc1. The van der Waals surface area contributed by atoms with Crippen molar-refractivity contribution in [2.45, 2.75) is 0 Å². The van der Waals surface area contributed by atoms with Crippen LogP contribution in [0.25, 0.3) is 0 Å². The first kappa shape index (κ1) is 11.3. The first-order valence-corrected chi connectivity index (χ1v) is 4.69. The van der Waals surface area contributed by atoms with Crippen LogP contribution in [0, 0.1) is 17.5 Å². The van der Waals surface area contributed by atoms with E-state index in [-0.39, 0.29) is 11.5 Å². The summed E-state index contributed by atoms with van der Waals surface area (Å²) in [5.74, 6) is -3.06. The largest absolute Gasteiger partial charge is 0.397 e. The number of benzene rings is 1. The average Bonchev–Trinajstić information content (AvgIpc) is 2.28. The van der Waals surface area contributed by atoms with Crippen LogP contribution in [0.1, 0.15) is 0 Å². The maximum Gasteiger partial charge on any atom is 0.182 e. The van der Waals surface area contributed by atoms with Gasteiger partial charge in [0.1, 0.15) is 11.6 Å². The lowest BCUT2D eigenvalue weighted by Crippen LogP contribution is -1.99. The van der Waals surface area contributed by atoms with Crippen LogP contribution in [0.3, 0.4) is 0 Å². The summed E-state index contributed by atoms with van der Waals surface area (Å²) in [6, 6.07) is 4.31. The van der Waals surface area contributed by atoms with Gasteiger partial charge in [-0.1, -0.05) is 0 Å². The summed E-state index contributed by atoms with van der Waals surface area (Å²) >= 11 is 0. The van der Waals surface area contributed by atoms with Gasteiger partial charge < -0.3 is 11.1 Å². The minimum Gasteiger partial charge on any atom is -0.397 e. The van der Waals surface area contributed by atoms with Crippen molar-refractivity contribution in [2.24, 2.45) is 0 Å². The Morgan fingerprint density at radius 3 is 2.53 bits per heavy atom. The first-order chi connectivity index (χ1) is 8.06. The monoisotopic (exact) mass is 239 g/mol. The van der Waals surface area contributed by atoms with Crippen LogP contribution in [0.15, 0.2) is 30.5 Å². The average molecular weight is 239 g/mol. The molecule has 1 heterocycles. The molecule has 0 fully saturated rings. The highest BCUT2D eigenvalue weighted by Crippen LogP contribution is 2.22. The highest BCUT2D eigenvalue weighted by Gasteiger charge is 2.11. The Balaban J connectivity index is 2.32. The molecular formula is C11H8F3N3. The molecule has 3 nitrogen and oxygen atoms in total. The van der Waals surface area contributed by atoms with Gasteiger partial charge in [-0.15, -0.1) is 0 Å². The van der Waals surface area contributed by atoms with E-state index in [9.17, 15) is 13.2 Å². The molecule has 6 heteroatoms. The molecule has 1 aromatic heterocycles. The minimum atomic E-state index is -1.26. The topological polar surface area (TPSA) is 50.9 Å². The number of aromatic nitrogens is 1. The van der Waals surface area contributed by atoms with Crippen molar-refractivity contribution in [3.63, 3.8) is 0 Å². The van der Waals surface area contributed by atoms with Crippen LogP contribution in [-0.2, 0) is 0 Å². The van der Waals surface area contributed by atoms with Crippen molar-refractivity contribution < 1.29 is 13.2 Å². The fraction of sp³-hybridized carbons (Fsp3) is 0. The van der Waals surface area contributed by atoms with E-state index in [4.69, 9.17) is 5.73 Å². The molecule has 0 aliphatic heterocycles. The number of hydrogen-bond acceptors (Lipinski definition) is 3. The van der Waals surface area contributed by atoms with Crippen LogP contribution in [0.5, 0.6) is 0 Å². The van der Waals surface area contributed by atoms with E-state index in [0.29, 0.717) is 11.8 Å². The summed E-state index contributed by atoms with van der Waals surface area (Å²) in [5, 5.41) is 2.46. The first-order valence-electron chi connectivity index (χ1n) is 4.69. The lowest BCUT2D eigenvalue weighted by molar-refractivity contribution is 0.498. The lowest BCUT2D eigenvalue weighted by atomic mass is 10.2. The van der Waals surface area contributed by atoms with E-state index in [1.54, 1.807) is 0 Å². The molecule has 0 saturated heterocycles. The molecule has 0 amide bonds. The van der Waals surface area contributed by atoms with Gasteiger partial charge in [-0.3, -0.25) is 0 Å². The molecule has 0 bridgehead atoms. The molecule has 0 saturated carbocycles. The van der Waals surface area contributed by atoms with Gasteiger partial charge >= 0.3 is 0 Å². The number of rotatable bonds is 2. The second-order valence-corrected chi connectivity index (χ2v) is 3.35. The Kier molecular flexibility index (Phi) is 2.86. The number of halogens is 3. The van der Waals surface area contributed by atoms with E-state index in [0.717, 1.165) is 6.07 Å². The molecule has 0 radical (unpaired) electrons. The predicted octanol–water partition coefficient (Wildman–Crippen LogP) is 2.82. The van der Waals surface area contributed by atoms with Crippen molar-refractivity contribution in [3.05, 3.63) is 47.9 Å². The molecule has 1 aromatic carbocycles. The fourth-order valence-corrected chi connectivity index (χ4v) is 1.26. The zero-order valence-corrected chi connectivity index (χ0v) is 8.55. The number of hydrogen-bond donors (Lipinski definition) is 2. The quantitative estimate of drug-likeness (QED) is 0.792. The Labute approximate surface area is 95.1 Å². The maximum absolute atomic E-state index is 13.3. The van der Waals surface area contributed by atoms with E-state index < -0.39 is 17.5 Å². The highest BCUT2D eigenvalue weighted by molar-refractivity contribution is 5.58. The van der Waals surface area contributed by atoms with Gasteiger partial charge in [-0.2, -0.15) is 0 Å². The summed E-state index contributed by atoms with van der Waals surface area (Å²) in [6.45, 7) is 0. The van der Waals surface area contributed by atoms with E-state index in [2.05, 4.69) is 10.3 Å². The van der Waals surface area contributed by atoms with Gasteiger partial charge in [0.25, 0.3) is 0 Å². The number of nitrogens with zero attached hydrogens (tertiary/aromatic N) is 1. The second kappa shape index (κ2) is 4.32. The van der Waals surface area contributed by atoms with Gasteiger partial charge in [0.15, 0.2) is 11.6 Å². The van der Waals surface area contributed by atoms with Crippen molar-refractivity contribution in [1.82, 2.24) is 4.98 Å². The van der Waals surface area contributed by atoms with Gasteiger partial charge in [-0.05, 0) is 12.1 Å². The van der Waals surface area contributed by atoms with Crippen LogP contribution in [-0.4, -0.2) is 4.98 Å². The number of nitrogens with two attached hydrogens (primary N) is 1. The zero-order chi connectivity index (χ0) is 12.4. The molecule has 0 aliphatic carbocycles. The van der Waals surface area contributed by atoms with Gasteiger partial charge in [0, 0.05) is 12.1 Å². The molecule has 0 unspecified atom stereocenters. The number of nitrogens with one attached hydrogen (secondary N) is 1. The third kappa shape index (κ3) is 2.47. The molecular weight excluding hydrogens is 231 g/mol. The minimum absolute atomic E-state index is 0.239. The number of nitrogen functional groups attached to an aromatic ring is 1. The fourth-order valence-electron chi connectivity index (χ4n) is 1.26. The van der Waals surface area contributed by atoms with E-state index >= 15 is 0 Å². The molecule has 2 rings (SSSR count). The second-order valence-electron chi connectivity index (χ2n) is 3.35. The van der Waals surface area contributed by atoms with E-state index in [1.165, 1.54) is 18.3 Å². The van der Waals surface area contributed by atoms with E-state index in [1.807, 2.05) is 0 Å². The van der Waals surface area contributed by atoms with Crippen LogP contribution < -0.4 is 11.1 Å². The van der Waals surface area contributed by atoms with Crippen LogP contribution >= 0.6 is 0 Å². The molecule has 2 aromatic rings. The van der Waals surface area contributed by atoms with Gasteiger partial charge in [0.2, 0.25) is 0 Å². The molecule has 0 aliphatic rings. The van der Waals surface area contributed by atoms with Gasteiger partial charge in [-0.25, -0.2) is 18.2 Å². The van der Waals surface area contributed by atoms with Crippen LogP contribution in [0.4, 0.5) is 30.4 Å². The van der Waals surface area contributed by atoms with Crippen molar-refractivity contribution >= 4 is 17.2 Å². The molecule has 0 atom stereocenters. The van der Waals surface area contributed by atoms with Crippen LogP contribution in [0.2, 0.25) is 0 Å². The molecule has 0 spiro atoms. The summed E-state index contributed by atoms with van der Waals surface area (Å²) < 4.78 is 39.1. The number of pyridine rings is 1. The Hall–Kier alpha value is -2.24.